The number of amides is 1. The Labute approximate surface area is 193 Å². The van der Waals surface area contributed by atoms with Gasteiger partial charge in [-0.3, -0.25) is 4.79 Å². The van der Waals surface area contributed by atoms with Gasteiger partial charge in [0.15, 0.2) is 0 Å². The first kappa shape index (κ1) is 23.6. The van der Waals surface area contributed by atoms with Crippen LogP contribution in [-0.2, 0) is 4.79 Å². The minimum atomic E-state index is 0.162. The van der Waals surface area contributed by atoms with Crippen LogP contribution in [0.2, 0.25) is 0 Å². The molecule has 0 saturated heterocycles. The predicted octanol–water partition coefficient (Wildman–Crippen LogP) is 7.61. The van der Waals surface area contributed by atoms with Crippen molar-refractivity contribution in [2.75, 3.05) is 0 Å². The quantitative estimate of drug-likeness (QED) is 0.462. The maximum absolute atomic E-state index is 11.6. The van der Waals surface area contributed by atoms with Crippen molar-refractivity contribution in [3.8, 4) is 0 Å². The molecular formula is C29H51NO. The van der Waals surface area contributed by atoms with Crippen LogP contribution in [0.25, 0.3) is 0 Å². The van der Waals surface area contributed by atoms with Crippen molar-refractivity contribution in [3.63, 3.8) is 0 Å². The van der Waals surface area contributed by atoms with Crippen molar-refractivity contribution in [2.45, 2.75) is 125 Å². The summed E-state index contributed by atoms with van der Waals surface area (Å²) in [6.45, 7) is 14.4. The highest BCUT2D eigenvalue weighted by Gasteiger charge is 2.60. The summed E-state index contributed by atoms with van der Waals surface area (Å²) in [6, 6.07) is 0.434. The minimum absolute atomic E-state index is 0.162. The first-order chi connectivity index (χ1) is 14.6. The zero-order valence-corrected chi connectivity index (χ0v) is 21.5. The molecule has 1 N–H and O–H groups in total. The van der Waals surface area contributed by atoms with Crippen LogP contribution in [0.15, 0.2) is 0 Å². The van der Waals surface area contributed by atoms with E-state index in [1.165, 1.54) is 77.0 Å². The van der Waals surface area contributed by atoms with E-state index in [0.29, 0.717) is 16.9 Å². The van der Waals surface area contributed by atoms with Crippen LogP contribution in [0.3, 0.4) is 0 Å². The van der Waals surface area contributed by atoms with Crippen molar-refractivity contribution < 1.29 is 4.79 Å². The number of rotatable bonds is 6. The normalized spacial score (nSPS) is 45.5. The summed E-state index contributed by atoms with van der Waals surface area (Å²) in [7, 11) is 0. The number of carbonyl (C=O) groups is 1. The fourth-order valence-corrected chi connectivity index (χ4v) is 9.70. The summed E-state index contributed by atoms with van der Waals surface area (Å²) in [5.41, 5.74) is 1.13. The maximum atomic E-state index is 11.6. The van der Waals surface area contributed by atoms with Gasteiger partial charge in [0.1, 0.15) is 0 Å². The Kier molecular flexibility index (Phi) is 6.87. The molecule has 0 bridgehead atoms. The third-order valence-corrected chi connectivity index (χ3v) is 11.3. The first-order valence-electron chi connectivity index (χ1n) is 13.9. The summed E-state index contributed by atoms with van der Waals surface area (Å²) in [4.78, 5) is 11.6. The van der Waals surface area contributed by atoms with Gasteiger partial charge in [-0.05, 0) is 110 Å². The van der Waals surface area contributed by atoms with Crippen LogP contribution >= 0.6 is 0 Å². The molecule has 1 amide bonds. The van der Waals surface area contributed by atoms with Crippen LogP contribution in [-0.4, -0.2) is 11.9 Å². The highest BCUT2D eigenvalue weighted by Crippen LogP contribution is 2.68. The molecule has 0 unspecified atom stereocenters. The van der Waals surface area contributed by atoms with Crippen LogP contribution < -0.4 is 5.32 Å². The second kappa shape index (κ2) is 9.02. The third kappa shape index (κ3) is 4.35. The average molecular weight is 430 g/mol. The molecule has 178 valence electrons. The second-order valence-corrected chi connectivity index (χ2v) is 13.4. The Morgan fingerprint density at radius 3 is 2.32 bits per heavy atom. The number of fused-ring (bicyclic) bond motifs is 5. The van der Waals surface area contributed by atoms with Crippen molar-refractivity contribution in [1.29, 1.82) is 0 Å². The van der Waals surface area contributed by atoms with Crippen molar-refractivity contribution in [3.05, 3.63) is 0 Å². The Hall–Kier alpha value is -0.530. The average Bonchev–Trinajstić information content (AvgIpc) is 3.05. The molecule has 0 heterocycles. The molecule has 2 heteroatoms. The number of nitrogens with one attached hydrogen (secondary N) is 1. The van der Waals surface area contributed by atoms with Gasteiger partial charge in [0, 0.05) is 13.0 Å². The largest absolute Gasteiger partial charge is 0.354 e. The van der Waals surface area contributed by atoms with Crippen molar-refractivity contribution in [1.82, 2.24) is 5.32 Å². The van der Waals surface area contributed by atoms with Gasteiger partial charge in [0.2, 0.25) is 5.91 Å². The lowest BCUT2D eigenvalue weighted by atomic mass is 9.44. The van der Waals surface area contributed by atoms with Crippen LogP contribution in [0.5, 0.6) is 0 Å². The fourth-order valence-electron chi connectivity index (χ4n) is 9.70. The molecule has 0 spiro atoms. The Bertz CT molecular complexity index is 643. The van der Waals surface area contributed by atoms with E-state index in [2.05, 4.69) is 39.9 Å². The predicted molar refractivity (Wildman–Crippen MR) is 131 cm³/mol. The number of hydrogen-bond donors (Lipinski definition) is 1. The molecule has 0 aliphatic heterocycles. The van der Waals surface area contributed by atoms with Crippen LogP contribution in [0.4, 0.5) is 0 Å². The summed E-state index contributed by atoms with van der Waals surface area (Å²) in [5.74, 6) is 6.62. The van der Waals surface area contributed by atoms with E-state index in [1.807, 2.05) is 0 Å². The first-order valence-corrected chi connectivity index (χ1v) is 13.9. The van der Waals surface area contributed by atoms with Gasteiger partial charge >= 0.3 is 0 Å². The topological polar surface area (TPSA) is 29.1 Å². The third-order valence-electron chi connectivity index (χ3n) is 11.3. The van der Waals surface area contributed by atoms with E-state index >= 15 is 0 Å². The van der Waals surface area contributed by atoms with Gasteiger partial charge in [-0.15, -0.1) is 0 Å². The molecule has 0 aromatic heterocycles. The molecule has 0 aromatic carbocycles. The molecule has 4 saturated carbocycles. The Morgan fingerprint density at radius 2 is 1.61 bits per heavy atom. The number of hydrogen-bond acceptors (Lipinski definition) is 1. The van der Waals surface area contributed by atoms with E-state index in [-0.39, 0.29) is 5.91 Å². The molecule has 4 fully saturated rings. The van der Waals surface area contributed by atoms with E-state index in [4.69, 9.17) is 0 Å². The van der Waals surface area contributed by atoms with Gasteiger partial charge in [-0.2, -0.15) is 0 Å². The highest BCUT2D eigenvalue weighted by molar-refractivity contribution is 5.73. The minimum Gasteiger partial charge on any atom is -0.354 e. The lowest BCUT2D eigenvalue weighted by molar-refractivity contribution is -0.126. The summed E-state index contributed by atoms with van der Waals surface area (Å²) >= 11 is 0. The highest BCUT2D eigenvalue weighted by atomic mass is 16.1. The van der Waals surface area contributed by atoms with Gasteiger partial charge in [0.05, 0.1) is 0 Å². The molecule has 0 radical (unpaired) electrons. The van der Waals surface area contributed by atoms with E-state index < -0.39 is 0 Å². The molecule has 4 aliphatic carbocycles. The van der Waals surface area contributed by atoms with Gasteiger partial charge in [0.25, 0.3) is 0 Å². The van der Waals surface area contributed by atoms with Gasteiger partial charge in [-0.1, -0.05) is 53.9 Å². The zero-order chi connectivity index (χ0) is 22.4. The molecule has 9 atom stereocenters. The SMILES string of the molecule is CC(=O)N[C@H]1CC[C@@]2(C)[C@@H](CC[C@@H]3[C@@H]2CC[C@]2(C)[C@@H]([C@H](C)CCCC(C)C)CC[C@@H]32)C1. The van der Waals surface area contributed by atoms with Crippen LogP contribution in [0.1, 0.15) is 119 Å². The smallest absolute Gasteiger partial charge is 0.217 e. The Morgan fingerprint density at radius 1 is 0.903 bits per heavy atom. The zero-order valence-electron chi connectivity index (χ0n) is 21.5. The molecular weight excluding hydrogens is 378 g/mol. The lowest BCUT2D eigenvalue weighted by Gasteiger charge is -2.61. The van der Waals surface area contributed by atoms with Crippen molar-refractivity contribution >= 4 is 5.91 Å². The van der Waals surface area contributed by atoms with Crippen molar-refractivity contribution in [2.24, 2.45) is 52.3 Å². The second-order valence-electron chi connectivity index (χ2n) is 13.4. The summed E-state index contributed by atoms with van der Waals surface area (Å²) in [6.07, 6.45) is 16.9. The molecule has 4 aliphatic rings. The van der Waals surface area contributed by atoms with E-state index in [9.17, 15) is 4.79 Å². The maximum Gasteiger partial charge on any atom is 0.217 e. The fraction of sp³-hybridized carbons (Fsp3) is 0.966. The van der Waals surface area contributed by atoms with Crippen LogP contribution in [0, 0.1) is 52.3 Å². The molecule has 31 heavy (non-hydrogen) atoms. The van der Waals surface area contributed by atoms with E-state index in [1.54, 1.807) is 6.92 Å². The number of carbonyl (C=O) groups excluding carboxylic acids is 1. The summed E-state index contributed by atoms with van der Waals surface area (Å²) in [5, 5.41) is 3.25. The van der Waals surface area contributed by atoms with E-state index in [0.717, 1.165) is 41.4 Å². The monoisotopic (exact) mass is 429 g/mol. The molecule has 0 aromatic rings. The summed E-state index contributed by atoms with van der Waals surface area (Å²) < 4.78 is 0. The van der Waals surface area contributed by atoms with Gasteiger partial charge in [-0.25, -0.2) is 0 Å². The molecule has 2 nitrogen and oxygen atoms in total. The lowest BCUT2D eigenvalue weighted by Crippen LogP contribution is -2.55. The Balaban J connectivity index is 1.43. The molecule has 4 rings (SSSR count). The standard InChI is InChI=1S/C29H51NO/c1-19(2)8-7-9-20(3)25-12-13-26-24-11-10-22-18-23(30-21(4)31)14-16-28(22,5)27(24)15-17-29(25,26)6/h19-20,22-27H,7-18H2,1-6H3,(H,30,31)/t20-,22+,23+,24+,25-,26+,27+,28+,29-/m1/s1. The van der Waals surface area contributed by atoms with Gasteiger partial charge < -0.3 is 5.32 Å².